The van der Waals surface area contributed by atoms with E-state index < -0.39 is 0 Å². The lowest BCUT2D eigenvalue weighted by molar-refractivity contribution is 0.0624. The Labute approximate surface area is 151 Å². The molecule has 1 aliphatic heterocycles. The van der Waals surface area contributed by atoms with Crippen molar-refractivity contribution in [1.82, 2.24) is 14.8 Å². The van der Waals surface area contributed by atoms with Crippen LogP contribution in [-0.4, -0.2) is 66.3 Å². The first-order chi connectivity index (χ1) is 12.6. The number of hydrogen-bond acceptors (Lipinski definition) is 5. The number of aromatic amines is 1. The smallest absolute Gasteiger partial charge is 0.255 e. The average molecular weight is 355 g/mol. The van der Waals surface area contributed by atoms with Crippen molar-refractivity contribution in [2.24, 2.45) is 0 Å². The number of methoxy groups -OCH3 is 1. The van der Waals surface area contributed by atoms with Crippen molar-refractivity contribution in [3.05, 3.63) is 64.1 Å². The van der Waals surface area contributed by atoms with Crippen molar-refractivity contribution < 1.29 is 14.3 Å². The summed E-state index contributed by atoms with van der Waals surface area (Å²) < 4.78 is 5.10. The molecule has 2 heterocycles. The van der Waals surface area contributed by atoms with Crippen LogP contribution in [0.5, 0.6) is 5.75 Å². The number of H-pyrrole nitrogens is 1. The number of ether oxygens (including phenoxy) is 1. The van der Waals surface area contributed by atoms with Crippen LogP contribution in [0, 0.1) is 0 Å². The van der Waals surface area contributed by atoms with Crippen molar-refractivity contribution in [3.63, 3.8) is 0 Å². The normalized spacial score (nSPS) is 14.9. The van der Waals surface area contributed by atoms with Crippen molar-refractivity contribution in [2.45, 2.75) is 0 Å². The fourth-order valence-corrected chi connectivity index (χ4v) is 2.91. The van der Waals surface area contributed by atoms with Gasteiger partial charge in [0.2, 0.25) is 5.56 Å². The van der Waals surface area contributed by atoms with E-state index in [1.807, 2.05) is 4.90 Å². The summed E-state index contributed by atoms with van der Waals surface area (Å²) in [4.78, 5) is 42.2. The van der Waals surface area contributed by atoms with Gasteiger partial charge < -0.3 is 14.6 Å². The fraction of sp³-hybridized carbons (Fsp3) is 0.316. The molecule has 2 aromatic rings. The topological polar surface area (TPSA) is 82.7 Å². The molecule has 1 N–H and O–H groups in total. The number of aromatic nitrogens is 1. The Balaban J connectivity index is 1.53. The molecule has 1 fully saturated rings. The molecule has 136 valence electrons. The van der Waals surface area contributed by atoms with E-state index in [-0.39, 0.29) is 17.2 Å². The Morgan fingerprint density at radius 2 is 1.65 bits per heavy atom. The van der Waals surface area contributed by atoms with Gasteiger partial charge >= 0.3 is 0 Å². The molecule has 7 heteroatoms. The van der Waals surface area contributed by atoms with Gasteiger partial charge in [-0.15, -0.1) is 0 Å². The van der Waals surface area contributed by atoms with E-state index in [9.17, 15) is 14.4 Å². The maximum Gasteiger partial charge on any atom is 0.255 e. The lowest BCUT2D eigenvalue weighted by atomic mass is 10.1. The third kappa shape index (κ3) is 4.18. The molecule has 0 spiro atoms. The van der Waals surface area contributed by atoms with Crippen LogP contribution >= 0.6 is 0 Å². The van der Waals surface area contributed by atoms with Crippen LogP contribution in [0.3, 0.4) is 0 Å². The van der Waals surface area contributed by atoms with Crippen LogP contribution in [0.25, 0.3) is 0 Å². The number of piperazine rings is 1. The molecule has 0 saturated carbocycles. The number of nitrogens with zero attached hydrogens (tertiary/aromatic N) is 2. The Morgan fingerprint density at radius 1 is 1.00 bits per heavy atom. The first-order valence-corrected chi connectivity index (χ1v) is 8.44. The summed E-state index contributed by atoms with van der Waals surface area (Å²) in [5.41, 5.74) is 0.883. The minimum Gasteiger partial charge on any atom is -0.497 e. The van der Waals surface area contributed by atoms with E-state index in [2.05, 4.69) is 4.98 Å². The maximum atomic E-state index is 12.4. The van der Waals surface area contributed by atoms with Crippen LogP contribution < -0.4 is 10.3 Å². The van der Waals surface area contributed by atoms with Gasteiger partial charge in [-0.25, -0.2) is 0 Å². The molecule has 26 heavy (non-hydrogen) atoms. The average Bonchev–Trinajstić information content (AvgIpc) is 2.68. The quantitative estimate of drug-likeness (QED) is 0.810. The van der Waals surface area contributed by atoms with Gasteiger partial charge in [0.25, 0.3) is 5.91 Å². The van der Waals surface area contributed by atoms with Crippen LogP contribution in [-0.2, 0) is 0 Å². The molecule has 0 radical (unpaired) electrons. The molecule has 1 aromatic heterocycles. The highest BCUT2D eigenvalue weighted by molar-refractivity contribution is 5.97. The number of nitrogens with one attached hydrogen (secondary N) is 1. The second-order valence-corrected chi connectivity index (χ2v) is 6.16. The number of pyridine rings is 1. The fourth-order valence-electron chi connectivity index (χ4n) is 2.91. The molecule has 0 unspecified atom stereocenters. The largest absolute Gasteiger partial charge is 0.497 e. The first kappa shape index (κ1) is 17.9. The maximum absolute atomic E-state index is 12.4. The molecule has 0 aliphatic carbocycles. The van der Waals surface area contributed by atoms with Crippen molar-refractivity contribution in [1.29, 1.82) is 0 Å². The lowest BCUT2D eigenvalue weighted by Crippen LogP contribution is -2.50. The van der Waals surface area contributed by atoms with Crippen LogP contribution in [0.2, 0.25) is 0 Å². The second kappa shape index (κ2) is 7.97. The van der Waals surface area contributed by atoms with E-state index in [1.54, 1.807) is 36.3 Å². The molecular formula is C19H21N3O4. The summed E-state index contributed by atoms with van der Waals surface area (Å²) in [6.07, 6.45) is 1.43. The van der Waals surface area contributed by atoms with Crippen LogP contribution in [0.4, 0.5) is 0 Å². The van der Waals surface area contributed by atoms with E-state index in [0.717, 1.165) is 5.75 Å². The summed E-state index contributed by atoms with van der Waals surface area (Å²) in [6, 6.07) is 9.94. The van der Waals surface area contributed by atoms with Gasteiger partial charge in [0.05, 0.1) is 19.2 Å². The number of carbonyl (C=O) groups excluding carboxylic acids is 2. The van der Waals surface area contributed by atoms with Crippen LogP contribution in [0.15, 0.2) is 47.4 Å². The number of carbonyl (C=O) groups is 2. The van der Waals surface area contributed by atoms with E-state index in [4.69, 9.17) is 4.74 Å². The SMILES string of the molecule is COc1ccc(C(=O)CN2CCN(C(=O)c3ccc(=O)[nH]c3)CC2)cc1. The van der Waals surface area contributed by atoms with Gasteiger partial charge in [-0.3, -0.25) is 19.3 Å². The van der Waals surface area contributed by atoms with E-state index in [0.29, 0.717) is 43.9 Å². The highest BCUT2D eigenvalue weighted by Crippen LogP contribution is 2.13. The Bertz CT molecular complexity index is 816. The zero-order chi connectivity index (χ0) is 18.5. The zero-order valence-corrected chi connectivity index (χ0v) is 14.6. The lowest BCUT2D eigenvalue weighted by Gasteiger charge is -2.34. The van der Waals surface area contributed by atoms with E-state index >= 15 is 0 Å². The molecule has 1 aromatic carbocycles. The number of hydrogen-bond donors (Lipinski definition) is 1. The predicted molar refractivity (Wildman–Crippen MR) is 96.7 cm³/mol. The molecule has 0 atom stereocenters. The monoisotopic (exact) mass is 355 g/mol. The molecule has 1 saturated heterocycles. The van der Waals surface area contributed by atoms with Gasteiger partial charge in [0.15, 0.2) is 5.78 Å². The molecular weight excluding hydrogens is 334 g/mol. The molecule has 7 nitrogen and oxygen atoms in total. The van der Waals surface area contributed by atoms with Gasteiger partial charge in [-0.2, -0.15) is 0 Å². The minimum atomic E-state index is -0.233. The third-order valence-corrected chi connectivity index (χ3v) is 4.47. The first-order valence-electron chi connectivity index (χ1n) is 8.44. The van der Waals surface area contributed by atoms with Crippen molar-refractivity contribution in [2.75, 3.05) is 39.8 Å². The summed E-state index contributed by atoms with van der Waals surface area (Å²) in [5, 5.41) is 0. The molecule has 1 amide bonds. The highest BCUT2D eigenvalue weighted by Gasteiger charge is 2.23. The van der Waals surface area contributed by atoms with Gasteiger partial charge in [-0.1, -0.05) is 0 Å². The van der Waals surface area contributed by atoms with Gasteiger partial charge in [-0.05, 0) is 30.3 Å². The van der Waals surface area contributed by atoms with Crippen LogP contribution in [0.1, 0.15) is 20.7 Å². The standard InChI is InChI=1S/C19H21N3O4/c1-26-16-5-2-14(3-6-16)17(23)13-21-8-10-22(11-9-21)19(25)15-4-7-18(24)20-12-15/h2-7,12H,8-11,13H2,1H3,(H,20,24). The van der Waals surface area contributed by atoms with Gasteiger partial charge in [0, 0.05) is 44.0 Å². The van der Waals surface area contributed by atoms with Crippen molar-refractivity contribution >= 4 is 11.7 Å². The summed E-state index contributed by atoms with van der Waals surface area (Å²) in [7, 11) is 1.59. The number of amides is 1. The highest BCUT2D eigenvalue weighted by atomic mass is 16.5. The molecule has 0 bridgehead atoms. The second-order valence-electron chi connectivity index (χ2n) is 6.16. The van der Waals surface area contributed by atoms with E-state index in [1.165, 1.54) is 18.3 Å². The summed E-state index contributed by atoms with van der Waals surface area (Å²) in [6.45, 7) is 2.70. The summed E-state index contributed by atoms with van der Waals surface area (Å²) >= 11 is 0. The Morgan fingerprint density at radius 3 is 2.23 bits per heavy atom. The molecule has 3 rings (SSSR count). The Kier molecular flexibility index (Phi) is 5.48. The molecule has 1 aliphatic rings. The third-order valence-electron chi connectivity index (χ3n) is 4.47. The van der Waals surface area contributed by atoms with Crippen molar-refractivity contribution in [3.8, 4) is 5.75 Å². The number of rotatable bonds is 5. The zero-order valence-electron chi connectivity index (χ0n) is 14.6. The number of ketones is 1. The number of benzene rings is 1. The van der Waals surface area contributed by atoms with Gasteiger partial charge in [0.1, 0.15) is 5.75 Å². The predicted octanol–water partition coefficient (Wildman–Crippen LogP) is 1.02. The minimum absolute atomic E-state index is 0.0491. The number of Topliss-reactive ketones (excluding diaryl/α,β-unsaturated/α-hetero) is 1. The summed E-state index contributed by atoms with van der Waals surface area (Å²) in [5.74, 6) is 0.659. The Hall–Kier alpha value is -2.93.